The Hall–Kier alpha value is -1.39. The Morgan fingerprint density at radius 1 is 1.20 bits per heavy atom. The van der Waals surface area contributed by atoms with Gasteiger partial charge in [-0.05, 0) is 74.7 Å². The number of piperidine rings is 1. The fraction of sp³-hybridized carbons (Fsp3) is 0.667. The van der Waals surface area contributed by atoms with E-state index in [1.54, 1.807) is 0 Å². The van der Waals surface area contributed by atoms with E-state index in [-0.39, 0.29) is 11.5 Å². The Bertz CT molecular complexity index is 612. The van der Waals surface area contributed by atoms with E-state index in [9.17, 15) is 9.90 Å². The first-order valence-electron chi connectivity index (χ1n) is 9.88. The summed E-state index contributed by atoms with van der Waals surface area (Å²) in [6.07, 6.45) is 6.56. The second-order valence-corrected chi connectivity index (χ2v) is 8.40. The number of likely N-dealkylation sites (tertiary alicyclic amines) is 2. The van der Waals surface area contributed by atoms with E-state index in [4.69, 9.17) is 0 Å². The van der Waals surface area contributed by atoms with Crippen LogP contribution in [-0.2, 0) is 17.6 Å². The van der Waals surface area contributed by atoms with Gasteiger partial charge in [0.15, 0.2) is 0 Å². The van der Waals surface area contributed by atoms with Crippen molar-refractivity contribution >= 4 is 5.97 Å². The van der Waals surface area contributed by atoms with E-state index < -0.39 is 5.97 Å². The SMILES string of the molecule is CCCN1CC2(CCN(C3Cc4ccccc4C3)CC2)C[C@@H]1C(=O)O. The highest BCUT2D eigenvalue weighted by molar-refractivity contribution is 5.74. The van der Waals surface area contributed by atoms with Crippen molar-refractivity contribution in [2.75, 3.05) is 26.2 Å². The molecule has 0 radical (unpaired) electrons. The summed E-state index contributed by atoms with van der Waals surface area (Å²) < 4.78 is 0. The van der Waals surface area contributed by atoms with E-state index in [2.05, 4.69) is 41.0 Å². The molecule has 1 atom stereocenters. The van der Waals surface area contributed by atoms with Crippen LogP contribution in [-0.4, -0.2) is 59.1 Å². The lowest BCUT2D eigenvalue weighted by Crippen LogP contribution is -2.46. The van der Waals surface area contributed by atoms with Gasteiger partial charge in [-0.1, -0.05) is 31.2 Å². The molecule has 1 N–H and O–H groups in total. The van der Waals surface area contributed by atoms with Crippen LogP contribution >= 0.6 is 0 Å². The van der Waals surface area contributed by atoms with Gasteiger partial charge in [0.05, 0.1) is 0 Å². The highest BCUT2D eigenvalue weighted by Crippen LogP contribution is 2.44. The first kappa shape index (κ1) is 17.0. The summed E-state index contributed by atoms with van der Waals surface area (Å²) in [7, 11) is 0. The van der Waals surface area contributed by atoms with E-state index in [0.29, 0.717) is 6.04 Å². The molecule has 1 aromatic rings. The van der Waals surface area contributed by atoms with Gasteiger partial charge >= 0.3 is 5.97 Å². The number of hydrogen-bond acceptors (Lipinski definition) is 3. The molecule has 136 valence electrons. The summed E-state index contributed by atoms with van der Waals surface area (Å²) in [5, 5.41) is 9.60. The lowest BCUT2D eigenvalue weighted by atomic mass is 9.76. The normalized spacial score (nSPS) is 27.0. The zero-order valence-electron chi connectivity index (χ0n) is 15.3. The number of benzene rings is 1. The Kier molecular flexibility index (Phi) is 4.59. The van der Waals surface area contributed by atoms with Gasteiger partial charge in [-0.25, -0.2) is 0 Å². The minimum atomic E-state index is -0.626. The molecule has 1 aromatic carbocycles. The van der Waals surface area contributed by atoms with Gasteiger partial charge in [0, 0.05) is 12.6 Å². The van der Waals surface area contributed by atoms with E-state index >= 15 is 0 Å². The molecule has 1 spiro atoms. The molecule has 1 aliphatic carbocycles. The largest absolute Gasteiger partial charge is 0.480 e. The molecule has 0 bridgehead atoms. The molecule has 4 heteroatoms. The van der Waals surface area contributed by atoms with Crippen molar-refractivity contribution in [3.63, 3.8) is 0 Å². The number of fused-ring (bicyclic) bond motifs is 1. The van der Waals surface area contributed by atoms with Gasteiger partial charge in [0.2, 0.25) is 0 Å². The van der Waals surface area contributed by atoms with Crippen molar-refractivity contribution in [3.05, 3.63) is 35.4 Å². The summed E-state index contributed by atoms with van der Waals surface area (Å²) in [6, 6.07) is 9.24. The van der Waals surface area contributed by atoms with Crippen LogP contribution in [0.4, 0.5) is 0 Å². The third kappa shape index (κ3) is 3.22. The highest BCUT2D eigenvalue weighted by Gasteiger charge is 2.48. The average Bonchev–Trinajstić information content (AvgIpc) is 3.18. The molecule has 4 nitrogen and oxygen atoms in total. The fourth-order valence-corrected chi connectivity index (χ4v) is 5.43. The second-order valence-electron chi connectivity index (χ2n) is 8.40. The van der Waals surface area contributed by atoms with Crippen LogP contribution in [0.2, 0.25) is 0 Å². The Morgan fingerprint density at radius 2 is 1.84 bits per heavy atom. The van der Waals surface area contributed by atoms with Crippen LogP contribution in [0.3, 0.4) is 0 Å². The molecular weight excluding hydrogens is 312 g/mol. The monoisotopic (exact) mass is 342 g/mol. The number of aliphatic carboxylic acids is 1. The molecule has 2 heterocycles. The van der Waals surface area contributed by atoms with Crippen LogP contribution in [0.5, 0.6) is 0 Å². The number of rotatable bonds is 4. The number of carboxylic acid groups (broad SMARTS) is 1. The van der Waals surface area contributed by atoms with Crippen LogP contribution in [0.25, 0.3) is 0 Å². The van der Waals surface area contributed by atoms with E-state index in [1.807, 2.05) is 0 Å². The van der Waals surface area contributed by atoms with Crippen LogP contribution in [0, 0.1) is 5.41 Å². The predicted octanol–water partition coefficient (Wildman–Crippen LogP) is 2.80. The summed E-state index contributed by atoms with van der Waals surface area (Å²) in [6.45, 7) is 6.30. The molecule has 4 rings (SSSR count). The van der Waals surface area contributed by atoms with Crippen LogP contribution in [0.1, 0.15) is 43.7 Å². The summed E-state index contributed by atoms with van der Waals surface area (Å²) >= 11 is 0. The van der Waals surface area contributed by atoms with Crippen LogP contribution in [0.15, 0.2) is 24.3 Å². The third-order valence-corrected chi connectivity index (χ3v) is 6.81. The Morgan fingerprint density at radius 3 is 2.40 bits per heavy atom. The molecular formula is C21H30N2O2. The maximum atomic E-state index is 11.7. The molecule has 2 aliphatic heterocycles. The fourth-order valence-electron chi connectivity index (χ4n) is 5.43. The maximum absolute atomic E-state index is 11.7. The highest BCUT2D eigenvalue weighted by atomic mass is 16.4. The predicted molar refractivity (Wildman–Crippen MR) is 98.8 cm³/mol. The number of carbonyl (C=O) groups is 1. The van der Waals surface area contributed by atoms with Gasteiger partial charge in [-0.2, -0.15) is 0 Å². The van der Waals surface area contributed by atoms with Gasteiger partial charge in [0.25, 0.3) is 0 Å². The molecule has 25 heavy (non-hydrogen) atoms. The second kappa shape index (κ2) is 6.73. The average molecular weight is 342 g/mol. The Balaban J connectivity index is 1.38. The van der Waals surface area contributed by atoms with Gasteiger partial charge < -0.3 is 5.11 Å². The quantitative estimate of drug-likeness (QED) is 0.914. The van der Waals surface area contributed by atoms with Gasteiger partial charge in [-0.3, -0.25) is 14.6 Å². The number of hydrogen-bond donors (Lipinski definition) is 1. The topological polar surface area (TPSA) is 43.8 Å². The van der Waals surface area contributed by atoms with Crippen molar-refractivity contribution in [1.29, 1.82) is 0 Å². The molecule has 0 saturated carbocycles. The molecule has 0 unspecified atom stereocenters. The van der Waals surface area contributed by atoms with Crippen molar-refractivity contribution in [3.8, 4) is 0 Å². The number of nitrogens with zero attached hydrogens (tertiary/aromatic N) is 2. The number of carboxylic acids is 1. The zero-order chi connectivity index (χ0) is 17.4. The lowest BCUT2D eigenvalue weighted by Gasteiger charge is -2.42. The maximum Gasteiger partial charge on any atom is 0.320 e. The molecule has 2 fully saturated rings. The van der Waals surface area contributed by atoms with Gasteiger partial charge in [0.1, 0.15) is 6.04 Å². The lowest BCUT2D eigenvalue weighted by molar-refractivity contribution is -0.142. The molecule has 0 aromatic heterocycles. The zero-order valence-corrected chi connectivity index (χ0v) is 15.3. The van der Waals surface area contributed by atoms with Gasteiger partial charge in [-0.15, -0.1) is 0 Å². The van der Waals surface area contributed by atoms with Crippen molar-refractivity contribution < 1.29 is 9.90 Å². The van der Waals surface area contributed by atoms with E-state index in [0.717, 1.165) is 51.9 Å². The minimum absolute atomic E-state index is 0.236. The van der Waals surface area contributed by atoms with Crippen molar-refractivity contribution in [1.82, 2.24) is 9.80 Å². The summed E-state index contributed by atoms with van der Waals surface area (Å²) in [5.74, 6) is -0.626. The van der Waals surface area contributed by atoms with E-state index in [1.165, 1.54) is 24.0 Å². The minimum Gasteiger partial charge on any atom is -0.480 e. The first-order chi connectivity index (χ1) is 12.1. The van der Waals surface area contributed by atoms with Crippen LogP contribution < -0.4 is 0 Å². The molecule has 2 saturated heterocycles. The Labute approximate surface area is 150 Å². The third-order valence-electron chi connectivity index (χ3n) is 6.81. The standard InChI is InChI=1S/C21H30N2O2/c1-2-9-23-15-21(14-19(23)20(24)25)7-10-22(11-8-21)18-12-16-5-3-4-6-17(16)13-18/h3-6,18-19H,2,7-15H2,1H3,(H,24,25)/t19-/m1/s1. The van der Waals surface area contributed by atoms with Crippen molar-refractivity contribution in [2.45, 2.75) is 57.5 Å². The molecule has 0 amide bonds. The first-order valence-corrected chi connectivity index (χ1v) is 9.88. The summed E-state index contributed by atoms with van der Waals surface area (Å²) in [5.41, 5.74) is 3.28. The smallest absolute Gasteiger partial charge is 0.320 e. The summed E-state index contributed by atoms with van der Waals surface area (Å²) in [4.78, 5) is 16.6. The van der Waals surface area contributed by atoms with Crippen molar-refractivity contribution in [2.24, 2.45) is 5.41 Å². The molecule has 3 aliphatic rings.